The summed E-state index contributed by atoms with van der Waals surface area (Å²) in [4.78, 5) is 14.8. The normalized spacial score (nSPS) is 23.5. The molecule has 2 fully saturated rings. The molecule has 2 aliphatic heterocycles. The Morgan fingerprint density at radius 1 is 1.29 bits per heavy atom. The number of likely N-dealkylation sites (tertiary alicyclic amines) is 1. The number of nitrogens with one attached hydrogen (secondary N) is 1. The summed E-state index contributed by atoms with van der Waals surface area (Å²) in [5.41, 5.74) is 1.38. The fourth-order valence-corrected chi connectivity index (χ4v) is 3.74. The Morgan fingerprint density at radius 3 is 2.81 bits per heavy atom. The third kappa shape index (κ3) is 2.95. The maximum Gasteiger partial charge on any atom is 0.254 e. The predicted octanol–water partition coefficient (Wildman–Crippen LogP) is 2.74. The summed E-state index contributed by atoms with van der Waals surface area (Å²) in [6, 6.07) is 4.83. The molecule has 114 valence electrons. The van der Waals surface area contributed by atoms with Gasteiger partial charge in [0.15, 0.2) is 0 Å². The predicted molar refractivity (Wildman–Crippen MR) is 80.8 cm³/mol. The monoisotopic (exact) mass is 290 g/mol. The second kappa shape index (κ2) is 6.14. The van der Waals surface area contributed by atoms with Crippen LogP contribution in [0.1, 0.15) is 41.6 Å². The summed E-state index contributed by atoms with van der Waals surface area (Å²) < 4.78 is 13.5. The molecule has 1 aromatic carbocycles. The van der Waals surface area contributed by atoms with Crippen molar-refractivity contribution in [3.05, 3.63) is 35.1 Å². The molecule has 0 aliphatic carbocycles. The van der Waals surface area contributed by atoms with Crippen molar-refractivity contribution < 1.29 is 9.18 Å². The van der Waals surface area contributed by atoms with Gasteiger partial charge in [-0.1, -0.05) is 6.07 Å². The van der Waals surface area contributed by atoms with Crippen LogP contribution in [-0.4, -0.2) is 36.5 Å². The highest BCUT2D eigenvalue weighted by atomic mass is 19.1. The first-order chi connectivity index (χ1) is 10.2. The highest BCUT2D eigenvalue weighted by molar-refractivity contribution is 5.96. The first-order valence-electron chi connectivity index (χ1n) is 7.94. The van der Waals surface area contributed by atoms with E-state index < -0.39 is 0 Å². The van der Waals surface area contributed by atoms with Gasteiger partial charge in [-0.15, -0.1) is 0 Å². The number of carbonyl (C=O) groups excluding carboxylic acids is 1. The minimum atomic E-state index is -0.332. The molecule has 0 bridgehead atoms. The summed E-state index contributed by atoms with van der Waals surface area (Å²) >= 11 is 0. The first-order valence-corrected chi connectivity index (χ1v) is 7.94. The van der Waals surface area contributed by atoms with Crippen LogP contribution in [0.4, 0.5) is 4.39 Å². The summed E-state index contributed by atoms with van der Waals surface area (Å²) in [5.74, 6) is 0.265. The van der Waals surface area contributed by atoms with Crippen molar-refractivity contribution >= 4 is 5.91 Å². The van der Waals surface area contributed by atoms with Crippen LogP contribution in [-0.2, 0) is 0 Å². The van der Waals surface area contributed by atoms with Gasteiger partial charge in [-0.3, -0.25) is 4.79 Å². The average molecular weight is 290 g/mol. The van der Waals surface area contributed by atoms with Gasteiger partial charge in [0, 0.05) is 18.2 Å². The van der Waals surface area contributed by atoms with E-state index in [0.717, 1.165) is 50.9 Å². The molecule has 1 N–H and O–H groups in total. The molecule has 1 aromatic rings. The van der Waals surface area contributed by atoms with Crippen LogP contribution >= 0.6 is 0 Å². The van der Waals surface area contributed by atoms with Crippen LogP contribution in [0.25, 0.3) is 0 Å². The zero-order chi connectivity index (χ0) is 14.8. The summed E-state index contributed by atoms with van der Waals surface area (Å²) in [5, 5.41) is 3.38. The first kappa shape index (κ1) is 14.5. The van der Waals surface area contributed by atoms with E-state index in [1.165, 1.54) is 12.1 Å². The van der Waals surface area contributed by atoms with Crippen LogP contribution in [0.2, 0.25) is 0 Å². The second-order valence-corrected chi connectivity index (χ2v) is 6.25. The lowest BCUT2D eigenvalue weighted by Gasteiger charge is -2.34. The largest absolute Gasteiger partial charge is 0.335 e. The number of benzene rings is 1. The number of piperidine rings is 1. The Hall–Kier alpha value is -1.42. The zero-order valence-corrected chi connectivity index (χ0v) is 12.6. The maximum absolute atomic E-state index is 13.5. The lowest BCUT2D eigenvalue weighted by atomic mass is 9.88. The number of hydrogen-bond acceptors (Lipinski definition) is 2. The van der Waals surface area contributed by atoms with Crippen molar-refractivity contribution in [2.24, 2.45) is 5.92 Å². The molecule has 3 nitrogen and oxygen atoms in total. The van der Waals surface area contributed by atoms with Crippen LogP contribution in [0, 0.1) is 18.7 Å². The van der Waals surface area contributed by atoms with Gasteiger partial charge in [-0.25, -0.2) is 4.39 Å². The van der Waals surface area contributed by atoms with E-state index in [9.17, 15) is 9.18 Å². The lowest BCUT2D eigenvalue weighted by molar-refractivity contribution is 0.0665. The Labute approximate surface area is 125 Å². The van der Waals surface area contributed by atoms with E-state index in [4.69, 9.17) is 0 Å². The summed E-state index contributed by atoms with van der Waals surface area (Å²) in [6.07, 6.45) is 4.42. The second-order valence-electron chi connectivity index (χ2n) is 6.25. The molecule has 3 rings (SSSR count). The number of carbonyl (C=O) groups is 1. The van der Waals surface area contributed by atoms with Gasteiger partial charge in [-0.2, -0.15) is 0 Å². The number of amides is 1. The number of aryl methyl sites for hydroxylation is 1. The van der Waals surface area contributed by atoms with Crippen molar-refractivity contribution in [1.82, 2.24) is 10.2 Å². The van der Waals surface area contributed by atoms with Crippen molar-refractivity contribution in [3.8, 4) is 0 Å². The molecule has 0 spiro atoms. The quantitative estimate of drug-likeness (QED) is 0.908. The molecule has 1 atom stereocenters. The van der Waals surface area contributed by atoms with E-state index in [1.807, 2.05) is 11.8 Å². The van der Waals surface area contributed by atoms with Crippen LogP contribution in [0.3, 0.4) is 0 Å². The van der Waals surface area contributed by atoms with Gasteiger partial charge in [0.25, 0.3) is 5.91 Å². The van der Waals surface area contributed by atoms with Crippen molar-refractivity contribution in [3.63, 3.8) is 0 Å². The molecule has 2 aliphatic rings. The van der Waals surface area contributed by atoms with Crippen molar-refractivity contribution in [2.75, 3.05) is 19.6 Å². The van der Waals surface area contributed by atoms with Gasteiger partial charge in [0.1, 0.15) is 5.82 Å². The van der Waals surface area contributed by atoms with E-state index >= 15 is 0 Å². The Kier molecular flexibility index (Phi) is 4.24. The SMILES string of the molecule is Cc1ccc(F)cc1C(=O)N1CCCC1C1CCNCC1. The molecule has 0 aromatic heterocycles. The number of hydrogen-bond donors (Lipinski definition) is 1. The molecular weight excluding hydrogens is 267 g/mol. The number of rotatable bonds is 2. The summed E-state index contributed by atoms with van der Waals surface area (Å²) in [7, 11) is 0. The van der Waals surface area contributed by atoms with Crippen LogP contribution < -0.4 is 5.32 Å². The summed E-state index contributed by atoms with van der Waals surface area (Å²) in [6.45, 7) is 4.77. The fraction of sp³-hybridized carbons (Fsp3) is 0.588. The fourth-order valence-electron chi connectivity index (χ4n) is 3.74. The van der Waals surface area contributed by atoms with Gasteiger partial charge in [0.05, 0.1) is 0 Å². The van der Waals surface area contributed by atoms with E-state index in [0.29, 0.717) is 17.5 Å². The van der Waals surface area contributed by atoms with Crippen molar-refractivity contribution in [2.45, 2.75) is 38.6 Å². The zero-order valence-electron chi connectivity index (χ0n) is 12.6. The highest BCUT2D eigenvalue weighted by Gasteiger charge is 2.35. The van der Waals surface area contributed by atoms with Gasteiger partial charge in [-0.05, 0) is 69.3 Å². The Bertz CT molecular complexity index is 526. The molecule has 0 radical (unpaired) electrons. The minimum absolute atomic E-state index is 0.00744. The number of halogens is 1. The van der Waals surface area contributed by atoms with E-state index in [-0.39, 0.29) is 11.7 Å². The van der Waals surface area contributed by atoms with Gasteiger partial charge in [0.2, 0.25) is 0 Å². The van der Waals surface area contributed by atoms with Crippen LogP contribution in [0.5, 0.6) is 0 Å². The molecule has 2 saturated heterocycles. The average Bonchev–Trinajstić information content (AvgIpc) is 2.99. The standard InChI is InChI=1S/C17H23FN2O/c1-12-4-5-14(18)11-15(12)17(21)20-10-2-3-16(20)13-6-8-19-9-7-13/h4-5,11,13,16,19H,2-3,6-10H2,1H3. The number of nitrogens with zero attached hydrogens (tertiary/aromatic N) is 1. The Balaban J connectivity index is 1.80. The topological polar surface area (TPSA) is 32.3 Å². The molecule has 2 heterocycles. The minimum Gasteiger partial charge on any atom is -0.335 e. The van der Waals surface area contributed by atoms with Gasteiger partial charge >= 0.3 is 0 Å². The molecule has 0 saturated carbocycles. The third-order valence-corrected chi connectivity index (χ3v) is 4.92. The maximum atomic E-state index is 13.5. The smallest absolute Gasteiger partial charge is 0.254 e. The van der Waals surface area contributed by atoms with Crippen LogP contribution in [0.15, 0.2) is 18.2 Å². The molecule has 21 heavy (non-hydrogen) atoms. The van der Waals surface area contributed by atoms with Crippen molar-refractivity contribution in [1.29, 1.82) is 0 Å². The lowest BCUT2D eigenvalue weighted by Crippen LogP contribution is -2.44. The molecule has 1 amide bonds. The third-order valence-electron chi connectivity index (χ3n) is 4.92. The van der Waals surface area contributed by atoms with E-state index in [1.54, 1.807) is 6.07 Å². The van der Waals surface area contributed by atoms with E-state index in [2.05, 4.69) is 5.32 Å². The van der Waals surface area contributed by atoms with Gasteiger partial charge < -0.3 is 10.2 Å². The Morgan fingerprint density at radius 2 is 2.05 bits per heavy atom. The molecule has 4 heteroatoms. The molecule has 1 unspecified atom stereocenters. The highest BCUT2D eigenvalue weighted by Crippen LogP contribution is 2.31. The molecular formula is C17H23FN2O.